The third kappa shape index (κ3) is 4.30. The van der Waals surface area contributed by atoms with Crippen molar-refractivity contribution in [2.24, 2.45) is 34.0 Å². The summed E-state index contributed by atoms with van der Waals surface area (Å²) in [6.07, 6.45) is 20.6. The Morgan fingerprint density at radius 1 is 0.475 bits per heavy atom. The monoisotopic (exact) mass is 804 g/mol. The highest BCUT2D eigenvalue weighted by Gasteiger charge is 2.69. The molecule has 3 aliphatic carbocycles. The smallest absolute Gasteiger partial charge is 0.188 e. The molecular formula is C57H53BN2Si. The molecule has 2 nitrogen and oxygen atoms in total. The Morgan fingerprint density at radius 3 is 1.46 bits per heavy atom. The first kappa shape index (κ1) is 36.1. The summed E-state index contributed by atoms with van der Waals surface area (Å²) in [5.41, 5.74) is 12.9. The van der Waals surface area contributed by atoms with Crippen molar-refractivity contribution < 1.29 is 0 Å². The van der Waals surface area contributed by atoms with Gasteiger partial charge in [0.25, 0.3) is 0 Å². The summed E-state index contributed by atoms with van der Waals surface area (Å²) >= 11 is 0. The molecule has 0 bridgehead atoms. The molecule has 0 aromatic heterocycles. The Balaban J connectivity index is 1.06. The van der Waals surface area contributed by atoms with Crippen LogP contribution in [0.2, 0.25) is 17.5 Å². The van der Waals surface area contributed by atoms with Crippen LogP contribution in [0.25, 0.3) is 0 Å². The van der Waals surface area contributed by atoms with Crippen molar-refractivity contribution in [3.63, 3.8) is 0 Å². The maximum absolute atomic E-state index is 2.87. The quantitative estimate of drug-likeness (QED) is 0.161. The first-order chi connectivity index (χ1) is 29.6. The van der Waals surface area contributed by atoms with E-state index in [4.69, 9.17) is 0 Å². The summed E-state index contributed by atoms with van der Waals surface area (Å²) in [5, 5.41) is 5.85. The van der Waals surface area contributed by atoms with Crippen molar-refractivity contribution in [2.75, 3.05) is 9.80 Å². The van der Waals surface area contributed by atoms with Crippen LogP contribution in [-0.4, -0.2) is 14.8 Å². The molecular weight excluding hydrogens is 752 g/mol. The number of para-hydroxylation sites is 5. The van der Waals surface area contributed by atoms with Gasteiger partial charge in [0.05, 0.1) is 0 Å². The van der Waals surface area contributed by atoms with Gasteiger partial charge in [-0.05, 0) is 109 Å². The number of hydrogen-bond donors (Lipinski definition) is 0. The van der Waals surface area contributed by atoms with E-state index in [-0.39, 0.29) is 16.2 Å². The molecule has 6 atom stereocenters. The Bertz CT molecular complexity index is 2810. The zero-order valence-corrected chi connectivity index (χ0v) is 37.2. The fraction of sp³-hybridized carbons (Fsp3) is 0.263. The minimum atomic E-state index is -2.87. The van der Waals surface area contributed by atoms with Gasteiger partial charge in [0.2, 0.25) is 0 Å². The number of fused-ring (bicyclic) bond motifs is 8. The fourth-order valence-electron chi connectivity index (χ4n) is 15.1. The molecule has 5 aromatic rings. The van der Waals surface area contributed by atoms with Crippen LogP contribution in [0.4, 0.5) is 28.4 Å². The van der Waals surface area contributed by atoms with E-state index in [9.17, 15) is 0 Å². The fourth-order valence-corrected chi connectivity index (χ4v) is 20.5. The molecule has 4 heteroatoms. The van der Waals surface area contributed by atoms with Gasteiger partial charge < -0.3 is 9.80 Å². The molecule has 8 aliphatic rings. The Morgan fingerprint density at radius 2 is 0.918 bits per heavy atom. The second-order valence-corrected chi connectivity index (χ2v) is 24.6. The van der Waals surface area contributed by atoms with Crippen molar-refractivity contribution in [1.82, 2.24) is 0 Å². The van der Waals surface area contributed by atoms with E-state index >= 15 is 0 Å². The predicted molar refractivity (Wildman–Crippen MR) is 260 cm³/mol. The molecule has 0 radical (unpaired) electrons. The van der Waals surface area contributed by atoms with E-state index < -0.39 is 8.07 Å². The molecule has 5 aliphatic heterocycles. The molecule has 5 aromatic carbocycles. The second kappa shape index (κ2) is 12.1. The van der Waals surface area contributed by atoms with Gasteiger partial charge in [0.15, 0.2) is 14.8 Å². The van der Waals surface area contributed by atoms with Crippen LogP contribution in [0.5, 0.6) is 0 Å². The van der Waals surface area contributed by atoms with E-state index in [1.807, 2.05) is 0 Å². The largest absolute Gasteiger partial charge is 0.311 e. The predicted octanol–water partition coefficient (Wildman–Crippen LogP) is 11.7. The molecule has 3 saturated heterocycles. The SMILES string of the molecule is CC1(C)C2=CC=CC3C2B2C4C1=CC=CC4C(C)(C)C1C=C(N4c5ccccc5[Si]5(c6ccccc64)c4ccccc4N(c4ccccc4)c4ccccc45)C=C(C21)C3(C)C. The highest BCUT2D eigenvalue weighted by Crippen LogP contribution is 2.76. The summed E-state index contributed by atoms with van der Waals surface area (Å²) in [5.74, 6) is 2.97. The van der Waals surface area contributed by atoms with E-state index in [0.29, 0.717) is 41.9 Å². The third-order valence-electron chi connectivity index (χ3n) is 17.5. The van der Waals surface area contributed by atoms with Gasteiger partial charge in [-0.15, -0.1) is 0 Å². The van der Waals surface area contributed by atoms with Gasteiger partial charge in [-0.3, -0.25) is 0 Å². The molecule has 61 heavy (non-hydrogen) atoms. The summed E-state index contributed by atoms with van der Waals surface area (Å²) in [6.45, 7) is 16.1. The molecule has 0 amide bonds. The molecule has 3 fully saturated rings. The van der Waals surface area contributed by atoms with Crippen molar-refractivity contribution in [2.45, 2.75) is 59.0 Å². The number of anilines is 5. The summed E-state index contributed by atoms with van der Waals surface area (Å²) < 4.78 is 0. The van der Waals surface area contributed by atoms with Gasteiger partial charge in [0, 0.05) is 39.5 Å². The van der Waals surface area contributed by atoms with Crippen LogP contribution >= 0.6 is 0 Å². The second-order valence-electron chi connectivity index (χ2n) is 20.9. The molecule has 1 spiro atoms. The lowest BCUT2D eigenvalue weighted by atomic mass is 9.10. The molecule has 6 unspecified atom stereocenters. The average molecular weight is 805 g/mol. The van der Waals surface area contributed by atoms with E-state index in [2.05, 4.69) is 227 Å². The standard InChI is InChI=1S/C57H53BN2Si/c1-55(2)38-22-18-24-40-52(38)58-53-39(55)23-19-25-41(53)57(5,6)43-35-37(34-42(54(43)58)56(40,3)4)60-46-28-12-16-32-50(46)61(51-33-17-13-29-47(51)60)48-30-14-10-26-44(48)59(36-20-8-7-9-21-36)45-27-11-15-31-49(45)61/h7-35,40-42,52-54H,1-6H3. The Labute approximate surface area is 363 Å². The van der Waals surface area contributed by atoms with Crippen molar-refractivity contribution in [1.29, 1.82) is 0 Å². The van der Waals surface area contributed by atoms with Gasteiger partial charge in [-0.1, -0.05) is 192 Å². The first-order valence-corrected chi connectivity index (χ1v) is 24.8. The molecule has 0 saturated carbocycles. The topological polar surface area (TPSA) is 6.48 Å². The van der Waals surface area contributed by atoms with Gasteiger partial charge >= 0.3 is 0 Å². The van der Waals surface area contributed by atoms with Crippen LogP contribution in [0.1, 0.15) is 41.5 Å². The lowest BCUT2D eigenvalue weighted by Crippen LogP contribution is -2.79. The van der Waals surface area contributed by atoms with Crippen LogP contribution in [0.3, 0.4) is 0 Å². The summed E-state index contributed by atoms with van der Waals surface area (Å²) in [7, 11) is -2.87. The van der Waals surface area contributed by atoms with Crippen LogP contribution in [0.15, 0.2) is 198 Å². The average Bonchev–Trinajstić information content (AvgIpc) is 3.28. The zero-order chi connectivity index (χ0) is 41.2. The summed E-state index contributed by atoms with van der Waals surface area (Å²) in [6, 6.07) is 48.7. The number of rotatable bonds is 2. The molecule has 5 heterocycles. The molecule has 298 valence electrons. The van der Waals surface area contributed by atoms with Crippen molar-refractivity contribution in [3.8, 4) is 0 Å². The maximum Gasteiger partial charge on any atom is 0.188 e. The van der Waals surface area contributed by atoms with E-state index in [0.717, 1.165) is 0 Å². The maximum atomic E-state index is 2.78. The highest BCUT2D eigenvalue weighted by molar-refractivity contribution is 7.23. The summed E-state index contributed by atoms with van der Waals surface area (Å²) in [4.78, 5) is 5.22. The van der Waals surface area contributed by atoms with Crippen LogP contribution in [-0.2, 0) is 0 Å². The number of nitrogens with zero attached hydrogens (tertiary/aromatic N) is 2. The minimum absolute atomic E-state index is 0.00271. The van der Waals surface area contributed by atoms with Gasteiger partial charge in [-0.2, -0.15) is 0 Å². The van der Waals surface area contributed by atoms with Crippen molar-refractivity contribution in [3.05, 3.63) is 198 Å². The number of hydrogen-bond acceptors (Lipinski definition) is 2. The Kier molecular flexibility index (Phi) is 7.15. The minimum Gasteiger partial charge on any atom is -0.311 e. The van der Waals surface area contributed by atoms with Crippen LogP contribution in [0, 0.1) is 34.0 Å². The first-order valence-electron chi connectivity index (χ1n) is 22.8. The van der Waals surface area contributed by atoms with E-state index in [1.165, 1.54) is 54.9 Å². The van der Waals surface area contributed by atoms with Crippen molar-refractivity contribution >= 4 is 64.0 Å². The number of allylic oxidation sites excluding steroid dienone is 11. The van der Waals surface area contributed by atoms with Gasteiger partial charge in [-0.25, -0.2) is 0 Å². The highest BCUT2D eigenvalue weighted by atomic mass is 28.3. The molecule has 0 N–H and O–H groups in total. The molecule has 13 rings (SSSR count). The third-order valence-corrected chi connectivity index (χ3v) is 22.5. The number of benzene rings is 5. The van der Waals surface area contributed by atoms with Crippen LogP contribution < -0.4 is 30.5 Å². The normalized spacial score (nSPS) is 28.9. The van der Waals surface area contributed by atoms with E-state index in [1.54, 1.807) is 16.7 Å². The lowest BCUT2D eigenvalue weighted by Gasteiger charge is -2.69. The zero-order valence-electron chi connectivity index (χ0n) is 36.2. The van der Waals surface area contributed by atoms with Gasteiger partial charge in [0.1, 0.15) is 0 Å². The lowest BCUT2D eigenvalue weighted by molar-refractivity contribution is 0.118. The Hall–Kier alpha value is -5.58.